The predicted molar refractivity (Wildman–Crippen MR) is 62.5 cm³/mol. The van der Waals surface area contributed by atoms with Gasteiger partial charge in [-0.3, -0.25) is 0 Å². The van der Waals surface area contributed by atoms with Gasteiger partial charge in [-0.2, -0.15) is 0 Å². The molecule has 1 fully saturated rings. The first-order chi connectivity index (χ1) is 6.33. The van der Waals surface area contributed by atoms with Gasteiger partial charge < -0.3 is 4.90 Å². The fraction of sp³-hybridized carbons (Fsp3) is 1.00. The Morgan fingerprint density at radius 3 is 2.46 bits per heavy atom. The summed E-state index contributed by atoms with van der Waals surface area (Å²) in [5, 5.41) is 1.17. The Hall–Kier alpha value is 0.440. The maximum absolute atomic E-state index is 3.47. The highest BCUT2D eigenvalue weighted by molar-refractivity contribution is 9.09. The predicted octanol–water partition coefficient (Wildman–Crippen LogP) is 3.28. The molecule has 0 aromatic rings. The molecule has 13 heavy (non-hydrogen) atoms. The van der Waals surface area contributed by atoms with Crippen molar-refractivity contribution in [3.05, 3.63) is 0 Å². The van der Waals surface area contributed by atoms with Gasteiger partial charge in [0.2, 0.25) is 0 Å². The molecular formula is C11H22BrN. The molecule has 0 aromatic heterocycles. The molecule has 0 saturated carbocycles. The normalized spacial score (nSPS) is 20.8. The zero-order valence-electron chi connectivity index (χ0n) is 8.77. The van der Waals surface area contributed by atoms with E-state index >= 15 is 0 Å². The highest BCUT2D eigenvalue weighted by atomic mass is 79.9. The smallest absolute Gasteiger partial charge is 0.00313 e. The second-order valence-corrected chi connectivity index (χ2v) is 5.07. The second-order valence-electron chi connectivity index (χ2n) is 4.27. The van der Waals surface area contributed by atoms with Crippen LogP contribution in [0.5, 0.6) is 0 Å². The van der Waals surface area contributed by atoms with Crippen LogP contribution in [0.15, 0.2) is 0 Å². The maximum atomic E-state index is 3.47. The Balaban J connectivity index is 1.96. The number of rotatable bonds is 5. The minimum absolute atomic E-state index is 0.971. The first-order valence-corrected chi connectivity index (χ1v) is 6.73. The molecular weight excluding hydrogens is 226 g/mol. The van der Waals surface area contributed by atoms with E-state index in [1.807, 2.05) is 0 Å². The molecule has 0 aliphatic carbocycles. The molecule has 0 N–H and O–H groups in total. The van der Waals surface area contributed by atoms with E-state index in [2.05, 4.69) is 27.8 Å². The van der Waals surface area contributed by atoms with Crippen LogP contribution in [0.3, 0.4) is 0 Å². The van der Waals surface area contributed by atoms with Crippen molar-refractivity contribution in [3.63, 3.8) is 0 Å². The van der Waals surface area contributed by atoms with E-state index in [1.54, 1.807) is 0 Å². The van der Waals surface area contributed by atoms with E-state index in [0.29, 0.717) is 0 Å². The lowest BCUT2D eigenvalue weighted by molar-refractivity contribution is 0.189. The van der Waals surface area contributed by atoms with Crippen LogP contribution in [0.2, 0.25) is 0 Å². The maximum Gasteiger partial charge on any atom is 0.00313 e. The lowest BCUT2D eigenvalue weighted by Crippen LogP contribution is -2.33. The fourth-order valence-electron chi connectivity index (χ4n) is 1.89. The molecule has 78 valence electrons. The average Bonchev–Trinajstić information content (AvgIpc) is 2.15. The number of nitrogens with zero attached hydrogens (tertiary/aromatic N) is 1. The summed E-state index contributed by atoms with van der Waals surface area (Å²) in [6.45, 7) is 6.40. The largest absolute Gasteiger partial charge is 0.303 e. The summed E-state index contributed by atoms with van der Waals surface area (Å²) in [7, 11) is 0. The summed E-state index contributed by atoms with van der Waals surface area (Å²) in [5.41, 5.74) is 0. The third-order valence-electron chi connectivity index (χ3n) is 2.98. The van der Waals surface area contributed by atoms with Crippen LogP contribution >= 0.6 is 15.9 Å². The van der Waals surface area contributed by atoms with Gasteiger partial charge in [0.05, 0.1) is 0 Å². The Morgan fingerprint density at radius 2 is 1.85 bits per heavy atom. The van der Waals surface area contributed by atoms with E-state index in [9.17, 15) is 0 Å². The molecule has 0 bridgehead atoms. The van der Waals surface area contributed by atoms with Crippen molar-refractivity contribution in [2.24, 2.45) is 5.92 Å². The topological polar surface area (TPSA) is 3.24 Å². The molecule has 1 rings (SSSR count). The van der Waals surface area contributed by atoms with Gasteiger partial charge in [0.25, 0.3) is 0 Å². The Labute approximate surface area is 91.0 Å². The highest BCUT2D eigenvalue weighted by Crippen LogP contribution is 2.16. The van der Waals surface area contributed by atoms with E-state index in [1.165, 1.54) is 57.1 Å². The molecule has 0 atom stereocenters. The molecule has 0 unspecified atom stereocenters. The van der Waals surface area contributed by atoms with Gasteiger partial charge >= 0.3 is 0 Å². The number of hydrogen-bond donors (Lipinski definition) is 0. The van der Waals surface area contributed by atoms with Crippen LogP contribution in [0.25, 0.3) is 0 Å². The molecule has 2 heteroatoms. The van der Waals surface area contributed by atoms with Crippen molar-refractivity contribution in [2.45, 2.75) is 39.0 Å². The van der Waals surface area contributed by atoms with Crippen LogP contribution in [0.4, 0.5) is 0 Å². The number of likely N-dealkylation sites (tertiary alicyclic amines) is 1. The third-order valence-corrected chi connectivity index (χ3v) is 3.54. The van der Waals surface area contributed by atoms with Gasteiger partial charge in [-0.15, -0.1) is 0 Å². The summed E-state index contributed by atoms with van der Waals surface area (Å²) in [6.07, 6.45) is 6.94. The SMILES string of the molecule is CC1CCN(CCCCCBr)CC1. The first kappa shape index (κ1) is 11.5. The molecule has 1 heterocycles. The van der Waals surface area contributed by atoms with Gasteiger partial charge in [0, 0.05) is 5.33 Å². The number of hydrogen-bond acceptors (Lipinski definition) is 1. The third kappa shape index (κ3) is 5.02. The van der Waals surface area contributed by atoms with E-state index < -0.39 is 0 Å². The Bertz CT molecular complexity index is 119. The van der Waals surface area contributed by atoms with Crippen LogP contribution in [0.1, 0.15) is 39.0 Å². The molecule has 0 radical (unpaired) electrons. The Kier molecular flexibility index (Phi) is 6.05. The van der Waals surface area contributed by atoms with Gasteiger partial charge in [0.1, 0.15) is 0 Å². The summed E-state index contributed by atoms with van der Waals surface area (Å²) < 4.78 is 0. The minimum atomic E-state index is 0.971. The van der Waals surface area contributed by atoms with Crippen molar-refractivity contribution in [2.75, 3.05) is 25.0 Å². The number of halogens is 1. The van der Waals surface area contributed by atoms with Gasteiger partial charge in [-0.25, -0.2) is 0 Å². The molecule has 1 nitrogen and oxygen atoms in total. The monoisotopic (exact) mass is 247 g/mol. The molecule has 0 amide bonds. The fourth-order valence-corrected chi connectivity index (χ4v) is 2.29. The van der Waals surface area contributed by atoms with Crippen molar-refractivity contribution < 1.29 is 0 Å². The van der Waals surface area contributed by atoms with Gasteiger partial charge in [-0.05, 0) is 51.2 Å². The van der Waals surface area contributed by atoms with Crippen molar-refractivity contribution >= 4 is 15.9 Å². The molecule has 1 aliphatic rings. The molecule has 0 spiro atoms. The molecule has 0 aromatic carbocycles. The van der Waals surface area contributed by atoms with E-state index in [4.69, 9.17) is 0 Å². The highest BCUT2D eigenvalue weighted by Gasteiger charge is 2.14. The van der Waals surface area contributed by atoms with Gasteiger partial charge in [-0.1, -0.05) is 29.3 Å². The summed E-state index contributed by atoms with van der Waals surface area (Å²) >= 11 is 3.47. The minimum Gasteiger partial charge on any atom is -0.303 e. The lowest BCUT2D eigenvalue weighted by Gasteiger charge is -2.30. The number of unbranched alkanes of at least 4 members (excludes halogenated alkanes) is 2. The van der Waals surface area contributed by atoms with Crippen LogP contribution < -0.4 is 0 Å². The quantitative estimate of drug-likeness (QED) is 0.533. The zero-order valence-corrected chi connectivity index (χ0v) is 10.4. The second kappa shape index (κ2) is 6.83. The number of piperidine rings is 1. The average molecular weight is 248 g/mol. The van der Waals surface area contributed by atoms with Crippen molar-refractivity contribution in [3.8, 4) is 0 Å². The summed E-state index contributed by atoms with van der Waals surface area (Å²) in [4.78, 5) is 2.63. The van der Waals surface area contributed by atoms with Crippen LogP contribution in [-0.4, -0.2) is 29.9 Å². The lowest BCUT2D eigenvalue weighted by atomic mass is 9.99. The standard InChI is InChI=1S/C11H22BrN/c1-11-5-9-13(10-6-11)8-4-2-3-7-12/h11H,2-10H2,1H3. The molecule has 1 aliphatic heterocycles. The summed E-state index contributed by atoms with van der Waals surface area (Å²) in [6, 6.07) is 0. The van der Waals surface area contributed by atoms with Crippen LogP contribution in [-0.2, 0) is 0 Å². The van der Waals surface area contributed by atoms with Gasteiger partial charge in [0.15, 0.2) is 0 Å². The van der Waals surface area contributed by atoms with E-state index in [-0.39, 0.29) is 0 Å². The van der Waals surface area contributed by atoms with Crippen molar-refractivity contribution in [1.82, 2.24) is 4.90 Å². The number of alkyl halides is 1. The summed E-state index contributed by atoms with van der Waals surface area (Å²) in [5.74, 6) is 0.971. The first-order valence-electron chi connectivity index (χ1n) is 5.61. The van der Waals surface area contributed by atoms with Crippen LogP contribution in [0, 0.1) is 5.92 Å². The van der Waals surface area contributed by atoms with E-state index in [0.717, 1.165) is 5.92 Å². The Morgan fingerprint density at radius 1 is 1.15 bits per heavy atom. The van der Waals surface area contributed by atoms with Crippen molar-refractivity contribution in [1.29, 1.82) is 0 Å². The molecule has 1 saturated heterocycles. The zero-order chi connectivity index (χ0) is 9.52.